The van der Waals surface area contributed by atoms with Crippen molar-refractivity contribution in [1.82, 2.24) is 0 Å². The van der Waals surface area contributed by atoms with E-state index in [1.165, 1.54) is 48.5 Å². The molecule has 0 aromatic heterocycles. The Bertz CT molecular complexity index is 1800. The highest BCUT2D eigenvalue weighted by molar-refractivity contribution is 7.91. The molecule has 0 saturated heterocycles. The van der Waals surface area contributed by atoms with Gasteiger partial charge in [0, 0.05) is 18.9 Å². The van der Waals surface area contributed by atoms with Crippen molar-refractivity contribution >= 4 is 27.7 Å². The van der Waals surface area contributed by atoms with Gasteiger partial charge in [-0.3, -0.25) is 9.59 Å². The maximum Gasteiger partial charge on any atom is 0.330 e. The average Bonchev–Trinajstić information content (AvgIpc) is 3.12. The Labute approximate surface area is 286 Å². The van der Waals surface area contributed by atoms with Crippen molar-refractivity contribution in [2.45, 2.75) is 48.3 Å². The van der Waals surface area contributed by atoms with Crippen molar-refractivity contribution in [2.75, 3.05) is 20.3 Å². The second-order valence-electron chi connectivity index (χ2n) is 10.8. The second kappa shape index (κ2) is 18.2. The third-order valence-corrected chi connectivity index (χ3v) is 9.05. The molecule has 0 saturated carbocycles. The van der Waals surface area contributed by atoms with E-state index in [-0.39, 0.29) is 34.1 Å². The molecule has 0 fully saturated rings. The van der Waals surface area contributed by atoms with Crippen LogP contribution in [0.2, 0.25) is 0 Å². The van der Waals surface area contributed by atoms with E-state index in [0.29, 0.717) is 38.2 Å². The summed E-state index contributed by atoms with van der Waals surface area (Å²) in [6.07, 6.45) is 3.77. The van der Waals surface area contributed by atoms with Gasteiger partial charge in [-0.05, 0) is 110 Å². The number of esters is 3. The van der Waals surface area contributed by atoms with Crippen molar-refractivity contribution in [3.63, 3.8) is 0 Å². The molecule has 10 nitrogen and oxygen atoms in total. The molecule has 0 bridgehead atoms. The van der Waals surface area contributed by atoms with Crippen LogP contribution in [0.25, 0.3) is 0 Å². The zero-order valence-electron chi connectivity index (χ0n) is 27.2. The van der Waals surface area contributed by atoms with Gasteiger partial charge in [0.2, 0.25) is 9.84 Å². The van der Waals surface area contributed by atoms with Crippen LogP contribution in [0.4, 0.5) is 0 Å². The minimum atomic E-state index is -3.87. The lowest BCUT2D eigenvalue weighted by Gasteiger charge is -2.09. The van der Waals surface area contributed by atoms with E-state index in [2.05, 4.69) is 6.58 Å². The fourth-order valence-corrected chi connectivity index (χ4v) is 5.80. The van der Waals surface area contributed by atoms with Crippen LogP contribution in [0.15, 0.2) is 120 Å². The number of unbranched alkanes of at least 4 members (excludes halogenated alkanes) is 1. The van der Waals surface area contributed by atoms with E-state index in [4.69, 9.17) is 23.7 Å². The Hall–Kier alpha value is -5.42. The third-order valence-electron chi connectivity index (χ3n) is 7.27. The van der Waals surface area contributed by atoms with Gasteiger partial charge in [-0.25, -0.2) is 13.2 Å². The smallest absolute Gasteiger partial charge is 0.330 e. The molecule has 0 atom stereocenters. The first kappa shape index (κ1) is 36.4. The maximum atomic E-state index is 13.2. The molecule has 49 heavy (non-hydrogen) atoms. The van der Waals surface area contributed by atoms with Crippen LogP contribution in [-0.2, 0) is 41.8 Å². The summed E-state index contributed by atoms with van der Waals surface area (Å²) >= 11 is 0. The zero-order valence-corrected chi connectivity index (χ0v) is 28.0. The van der Waals surface area contributed by atoms with Crippen LogP contribution in [0.3, 0.4) is 0 Å². The Morgan fingerprint density at radius 3 is 1.49 bits per heavy atom. The highest BCUT2D eigenvalue weighted by Crippen LogP contribution is 2.26. The lowest BCUT2D eigenvalue weighted by Crippen LogP contribution is -2.10. The molecular weight excluding hydrogens is 648 g/mol. The van der Waals surface area contributed by atoms with Gasteiger partial charge >= 0.3 is 17.9 Å². The number of hydrogen-bond acceptors (Lipinski definition) is 10. The molecule has 0 radical (unpaired) electrons. The van der Waals surface area contributed by atoms with E-state index in [0.717, 1.165) is 29.4 Å². The molecule has 4 aromatic carbocycles. The van der Waals surface area contributed by atoms with Gasteiger partial charge in [0.15, 0.2) is 0 Å². The number of aryl methyl sites for hydroxylation is 2. The lowest BCUT2D eigenvalue weighted by molar-refractivity contribution is -0.138. The molecule has 0 spiro atoms. The summed E-state index contributed by atoms with van der Waals surface area (Å²) < 4.78 is 52.9. The minimum absolute atomic E-state index is 0.0231. The van der Waals surface area contributed by atoms with Gasteiger partial charge in [0.1, 0.15) is 23.0 Å². The number of sulfone groups is 1. The lowest BCUT2D eigenvalue weighted by atomic mass is 10.1. The number of methoxy groups -OCH3 is 1. The summed E-state index contributed by atoms with van der Waals surface area (Å²) in [6.45, 7) is 4.14. The molecule has 0 amide bonds. The van der Waals surface area contributed by atoms with E-state index in [9.17, 15) is 22.8 Å². The number of ether oxygens (including phenoxy) is 5. The summed E-state index contributed by atoms with van der Waals surface area (Å²) in [5.74, 6) is 0.558. The van der Waals surface area contributed by atoms with E-state index >= 15 is 0 Å². The molecule has 11 heteroatoms. The first-order valence-corrected chi connectivity index (χ1v) is 17.1. The first-order valence-electron chi connectivity index (χ1n) is 15.7. The third kappa shape index (κ3) is 11.7. The predicted molar refractivity (Wildman–Crippen MR) is 182 cm³/mol. The molecule has 0 N–H and O–H groups in total. The summed E-state index contributed by atoms with van der Waals surface area (Å²) in [5.41, 5.74) is 1.89. The van der Waals surface area contributed by atoms with E-state index in [1.54, 1.807) is 7.11 Å². The van der Waals surface area contributed by atoms with Gasteiger partial charge in [0.05, 0.1) is 30.1 Å². The Balaban J connectivity index is 1.19. The monoisotopic (exact) mass is 686 g/mol. The van der Waals surface area contributed by atoms with Gasteiger partial charge < -0.3 is 23.7 Å². The number of carbonyl (C=O) groups excluding carboxylic acids is 3. The van der Waals surface area contributed by atoms with E-state index in [1.807, 2.05) is 48.5 Å². The fraction of sp³-hybridized carbons (Fsp3) is 0.237. The molecule has 4 rings (SSSR count). The molecule has 0 unspecified atom stereocenters. The Kier molecular flexibility index (Phi) is 13.5. The van der Waals surface area contributed by atoms with E-state index < -0.39 is 27.7 Å². The summed E-state index contributed by atoms with van der Waals surface area (Å²) in [5, 5.41) is 0. The van der Waals surface area contributed by atoms with Crippen molar-refractivity contribution < 1.29 is 46.5 Å². The van der Waals surface area contributed by atoms with Crippen molar-refractivity contribution in [3.05, 3.63) is 121 Å². The largest absolute Gasteiger partial charge is 0.497 e. The van der Waals surface area contributed by atoms with Crippen LogP contribution in [0.5, 0.6) is 23.0 Å². The number of carbonyl (C=O) groups is 3. The van der Waals surface area contributed by atoms with Crippen LogP contribution >= 0.6 is 0 Å². The highest BCUT2D eigenvalue weighted by Gasteiger charge is 2.19. The Morgan fingerprint density at radius 1 is 0.612 bits per heavy atom. The summed E-state index contributed by atoms with van der Waals surface area (Å²) in [4.78, 5) is 35.8. The Morgan fingerprint density at radius 2 is 1.04 bits per heavy atom. The van der Waals surface area contributed by atoms with Gasteiger partial charge in [0.25, 0.3) is 0 Å². The van der Waals surface area contributed by atoms with Crippen LogP contribution in [0.1, 0.15) is 36.8 Å². The van der Waals surface area contributed by atoms with Crippen molar-refractivity contribution in [2.24, 2.45) is 0 Å². The zero-order chi connectivity index (χ0) is 35.1. The minimum Gasteiger partial charge on any atom is -0.497 e. The second-order valence-corrected chi connectivity index (χ2v) is 12.8. The summed E-state index contributed by atoms with van der Waals surface area (Å²) in [7, 11) is -2.28. The molecular formula is C38H38O10S. The van der Waals surface area contributed by atoms with Gasteiger partial charge in [-0.1, -0.05) is 30.8 Å². The summed E-state index contributed by atoms with van der Waals surface area (Å²) in [6, 6.07) is 26.0. The quantitative estimate of drug-likeness (QED) is 0.0495. The predicted octanol–water partition coefficient (Wildman–Crippen LogP) is 6.49. The van der Waals surface area contributed by atoms with Gasteiger partial charge in [-0.15, -0.1) is 0 Å². The van der Waals surface area contributed by atoms with Gasteiger partial charge in [-0.2, -0.15) is 0 Å². The SMILES string of the molecule is C=CC(=O)OCCCCOc1ccc(CCC(=O)Oc2ccc(S(=O)(=O)c3ccc(OC(=O)CCc4ccc(OC)cc4)cc3)cc2)cc1. The fourth-order valence-electron chi connectivity index (χ4n) is 4.54. The molecule has 256 valence electrons. The molecule has 0 aliphatic rings. The number of benzene rings is 4. The molecule has 0 aliphatic carbocycles. The van der Waals surface area contributed by atoms with Crippen LogP contribution < -0.4 is 18.9 Å². The normalized spacial score (nSPS) is 10.9. The number of rotatable bonds is 18. The topological polar surface area (TPSA) is 132 Å². The van der Waals surface area contributed by atoms with Crippen LogP contribution in [0, 0.1) is 0 Å². The van der Waals surface area contributed by atoms with Crippen LogP contribution in [-0.4, -0.2) is 46.6 Å². The first-order chi connectivity index (χ1) is 23.7. The standard InChI is InChI=1S/C38H38O10S/c1-3-36(39)46-27-5-4-26-45-31-14-8-29(9-15-31)11-25-38(41)48-33-18-22-35(23-19-33)49(42,43)34-20-16-32(17-21-34)47-37(40)24-10-28-6-12-30(44-2)13-7-28/h3,6-9,12-23H,1,4-5,10-11,24-27H2,2H3. The highest BCUT2D eigenvalue weighted by atomic mass is 32.2. The van der Waals surface area contributed by atoms with Crippen molar-refractivity contribution in [1.29, 1.82) is 0 Å². The molecule has 0 heterocycles. The van der Waals surface area contributed by atoms with Crippen molar-refractivity contribution in [3.8, 4) is 23.0 Å². The molecule has 0 aliphatic heterocycles. The number of hydrogen-bond donors (Lipinski definition) is 0. The maximum absolute atomic E-state index is 13.2. The molecule has 4 aromatic rings. The average molecular weight is 687 g/mol.